The third-order valence-electron chi connectivity index (χ3n) is 3.58. The molecule has 2 atom stereocenters. The Morgan fingerprint density at radius 1 is 1.17 bits per heavy atom. The number of hydrogen-bond donors (Lipinski definition) is 3. The number of benzene rings is 1. The SMILES string of the molecule is COC(=O)CC(NC(=O)CNC(=O)[C@@H](N)C(C)C)c1ccccc1. The molecule has 4 N–H and O–H groups in total. The van der Waals surface area contributed by atoms with Crippen LogP contribution in [0.4, 0.5) is 0 Å². The molecule has 0 aliphatic heterocycles. The van der Waals surface area contributed by atoms with Gasteiger partial charge >= 0.3 is 5.97 Å². The highest BCUT2D eigenvalue weighted by Crippen LogP contribution is 2.16. The molecule has 0 fully saturated rings. The van der Waals surface area contributed by atoms with E-state index >= 15 is 0 Å². The monoisotopic (exact) mass is 335 g/mol. The first-order valence-corrected chi connectivity index (χ1v) is 7.79. The number of carbonyl (C=O) groups is 3. The molecule has 1 aromatic carbocycles. The molecular weight excluding hydrogens is 310 g/mol. The third kappa shape index (κ3) is 6.37. The van der Waals surface area contributed by atoms with Gasteiger partial charge < -0.3 is 21.1 Å². The van der Waals surface area contributed by atoms with Gasteiger partial charge in [0.2, 0.25) is 11.8 Å². The molecule has 0 radical (unpaired) electrons. The van der Waals surface area contributed by atoms with E-state index in [2.05, 4.69) is 15.4 Å². The first kappa shape index (κ1) is 19.6. The number of ether oxygens (including phenoxy) is 1. The van der Waals surface area contributed by atoms with Crippen LogP contribution in [0.1, 0.15) is 31.9 Å². The summed E-state index contributed by atoms with van der Waals surface area (Å²) in [5.74, 6) is -1.25. The largest absolute Gasteiger partial charge is 0.469 e. The summed E-state index contributed by atoms with van der Waals surface area (Å²) in [6.07, 6.45) is 0.00566. The Morgan fingerprint density at radius 2 is 1.79 bits per heavy atom. The zero-order valence-corrected chi connectivity index (χ0v) is 14.2. The molecule has 1 aromatic rings. The van der Waals surface area contributed by atoms with Gasteiger partial charge in [-0.15, -0.1) is 0 Å². The highest BCUT2D eigenvalue weighted by atomic mass is 16.5. The van der Waals surface area contributed by atoms with Gasteiger partial charge in [-0.25, -0.2) is 0 Å². The minimum Gasteiger partial charge on any atom is -0.469 e. The standard InChI is InChI=1S/C17H25N3O4/c1-11(2)16(18)17(23)19-10-14(21)20-13(9-15(22)24-3)12-7-5-4-6-8-12/h4-8,11,13,16H,9-10,18H2,1-3H3,(H,19,23)(H,20,21)/t13?,16-/m0/s1. The molecule has 0 aliphatic carbocycles. The van der Waals surface area contributed by atoms with Gasteiger partial charge in [0.15, 0.2) is 0 Å². The number of methoxy groups -OCH3 is 1. The summed E-state index contributed by atoms with van der Waals surface area (Å²) in [4.78, 5) is 35.4. The zero-order chi connectivity index (χ0) is 18.1. The van der Waals surface area contributed by atoms with Crippen molar-refractivity contribution in [1.82, 2.24) is 10.6 Å². The lowest BCUT2D eigenvalue weighted by Gasteiger charge is -2.19. The maximum Gasteiger partial charge on any atom is 0.307 e. The summed E-state index contributed by atoms with van der Waals surface area (Å²) in [5.41, 5.74) is 6.50. The minimum absolute atomic E-state index is 0.00566. The van der Waals surface area contributed by atoms with Crippen molar-refractivity contribution in [3.8, 4) is 0 Å². The summed E-state index contributed by atoms with van der Waals surface area (Å²) >= 11 is 0. The van der Waals surface area contributed by atoms with E-state index in [1.54, 1.807) is 12.1 Å². The molecule has 0 aliphatic rings. The third-order valence-corrected chi connectivity index (χ3v) is 3.58. The van der Waals surface area contributed by atoms with Crippen molar-refractivity contribution in [2.75, 3.05) is 13.7 Å². The van der Waals surface area contributed by atoms with Crippen LogP contribution < -0.4 is 16.4 Å². The summed E-state index contributed by atoms with van der Waals surface area (Å²) in [6.45, 7) is 3.45. The first-order chi connectivity index (χ1) is 11.3. The molecular formula is C17H25N3O4. The van der Waals surface area contributed by atoms with Gasteiger partial charge in [-0.1, -0.05) is 44.2 Å². The summed E-state index contributed by atoms with van der Waals surface area (Å²) in [5, 5.41) is 5.22. The van der Waals surface area contributed by atoms with Crippen LogP contribution >= 0.6 is 0 Å². The van der Waals surface area contributed by atoms with Gasteiger partial charge in [-0.3, -0.25) is 14.4 Å². The average Bonchev–Trinajstić information content (AvgIpc) is 2.58. The van der Waals surface area contributed by atoms with E-state index in [0.717, 1.165) is 5.56 Å². The second-order valence-electron chi connectivity index (χ2n) is 5.80. The second kappa shape index (κ2) is 9.67. The molecule has 0 aromatic heterocycles. The van der Waals surface area contributed by atoms with Crippen LogP contribution in [0.25, 0.3) is 0 Å². The Kier molecular flexibility index (Phi) is 7.91. The number of esters is 1. The number of hydrogen-bond acceptors (Lipinski definition) is 5. The molecule has 0 saturated heterocycles. The highest BCUT2D eigenvalue weighted by molar-refractivity contribution is 5.87. The van der Waals surface area contributed by atoms with Gasteiger partial charge in [0, 0.05) is 0 Å². The van der Waals surface area contributed by atoms with Crippen LogP contribution in [-0.4, -0.2) is 37.5 Å². The average molecular weight is 335 g/mol. The van der Waals surface area contributed by atoms with Gasteiger partial charge in [0.05, 0.1) is 32.2 Å². The van der Waals surface area contributed by atoms with Crippen LogP contribution in [0.2, 0.25) is 0 Å². The molecule has 0 spiro atoms. The van der Waals surface area contributed by atoms with Crippen molar-refractivity contribution < 1.29 is 19.1 Å². The van der Waals surface area contributed by atoms with Crippen LogP contribution in [-0.2, 0) is 19.1 Å². The van der Waals surface area contributed by atoms with E-state index in [4.69, 9.17) is 5.73 Å². The smallest absolute Gasteiger partial charge is 0.307 e. The maximum atomic E-state index is 12.1. The quantitative estimate of drug-likeness (QED) is 0.599. The topological polar surface area (TPSA) is 111 Å². The fraction of sp³-hybridized carbons (Fsp3) is 0.471. The van der Waals surface area contributed by atoms with Gasteiger partial charge in [0.1, 0.15) is 0 Å². The minimum atomic E-state index is -0.669. The number of nitrogens with two attached hydrogens (primary N) is 1. The Labute approximate surface area is 141 Å². The summed E-state index contributed by atoms with van der Waals surface area (Å²) in [7, 11) is 1.29. The van der Waals surface area contributed by atoms with E-state index < -0.39 is 24.0 Å². The Hall–Kier alpha value is -2.41. The highest BCUT2D eigenvalue weighted by Gasteiger charge is 2.21. The van der Waals surface area contributed by atoms with Crippen LogP contribution in [0.5, 0.6) is 0 Å². The van der Waals surface area contributed by atoms with E-state index in [1.165, 1.54) is 7.11 Å². The Bertz CT molecular complexity index is 560. The van der Waals surface area contributed by atoms with E-state index in [1.807, 2.05) is 32.0 Å². The molecule has 132 valence electrons. The number of nitrogens with one attached hydrogen (secondary N) is 2. The molecule has 1 rings (SSSR count). The molecule has 7 nitrogen and oxygen atoms in total. The molecule has 24 heavy (non-hydrogen) atoms. The fourth-order valence-corrected chi connectivity index (χ4v) is 2.02. The normalized spacial score (nSPS) is 13.0. The Morgan fingerprint density at radius 3 is 2.33 bits per heavy atom. The van der Waals surface area contributed by atoms with Gasteiger partial charge in [-0.2, -0.15) is 0 Å². The van der Waals surface area contributed by atoms with Gasteiger partial charge in [-0.05, 0) is 11.5 Å². The van der Waals surface area contributed by atoms with Crippen molar-refractivity contribution in [1.29, 1.82) is 0 Å². The number of rotatable bonds is 8. The maximum absolute atomic E-state index is 12.1. The van der Waals surface area contributed by atoms with Crippen molar-refractivity contribution in [3.63, 3.8) is 0 Å². The Balaban J connectivity index is 2.64. The molecule has 2 amide bonds. The molecule has 0 heterocycles. The fourth-order valence-electron chi connectivity index (χ4n) is 2.02. The van der Waals surface area contributed by atoms with Gasteiger partial charge in [0.25, 0.3) is 0 Å². The molecule has 0 saturated carbocycles. The molecule has 0 bridgehead atoms. The van der Waals surface area contributed by atoms with Crippen LogP contribution in [0.3, 0.4) is 0 Å². The lowest BCUT2D eigenvalue weighted by atomic mass is 10.0. The molecule has 7 heteroatoms. The lowest BCUT2D eigenvalue weighted by Crippen LogP contribution is -2.47. The van der Waals surface area contributed by atoms with Crippen molar-refractivity contribution in [2.24, 2.45) is 11.7 Å². The summed E-state index contributed by atoms with van der Waals surface area (Å²) in [6, 6.07) is 7.89. The lowest BCUT2D eigenvalue weighted by molar-refractivity contribution is -0.141. The predicted octanol–water partition coefficient (Wildman–Crippen LogP) is 0.507. The second-order valence-corrected chi connectivity index (χ2v) is 5.80. The number of carbonyl (C=O) groups excluding carboxylic acids is 3. The summed E-state index contributed by atoms with van der Waals surface area (Å²) < 4.78 is 4.66. The van der Waals surface area contributed by atoms with Crippen molar-refractivity contribution in [3.05, 3.63) is 35.9 Å². The van der Waals surface area contributed by atoms with Crippen molar-refractivity contribution >= 4 is 17.8 Å². The number of amides is 2. The van der Waals surface area contributed by atoms with Crippen LogP contribution in [0, 0.1) is 5.92 Å². The van der Waals surface area contributed by atoms with E-state index in [0.29, 0.717) is 0 Å². The first-order valence-electron chi connectivity index (χ1n) is 7.79. The van der Waals surface area contributed by atoms with Crippen molar-refractivity contribution in [2.45, 2.75) is 32.4 Å². The van der Waals surface area contributed by atoms with E-state index in [9.17, 15) is 14.4 Å². The van der Waals surface area contributed by atoms with E-state index in [-0.39, 0.29) is 24.8 Å². The van der Waals surface area contributed by atoms with Crippen LogP contribution in [0.15, 0.2) is 30.3 Å². The zero-order valence-electron chi connectivity index (χ0n) is 14.2. The predicted molar refractivity (Wildman–Crippen MR) is 89.8 cm³/mol. The molecule has 1 unspecified atom stereocenters.